The van der Waals surface area contributed by atoms with Gasteiger partial charge in [0.15, 0.2) is 6.23 Å². The molecular weight excluding hydrogens is 376 g/mol. The number of esters is 1. The van der Waals surface area contributed by atoms with Crippen LogP contribution in [-0.2, 0) is 28.5 Å². The second kappa shape index (κ2) is 10.7. The number of nitriles is 1. The van der Waals surface area contributed by atoms with Gasteiger partial charge in [-0.25, -0.2) is 4.79 Å². The van der Waals surface area contributed by atoms with Gasteiger partial charge in [0.2, 0.25) is 0 Å². The van der Waals surface area contributed by atoms with Crippen molar-refractivity contribution in [1.29, 1.82) is 5.26 Å². The molecule has 2 heterocycles. The molecule has 154 valence electrons. The lowest BCUT2D eigenvalue weighted by Crippen LogP contribution is -2.39. The van der Waals surface area contributed by atoms with Gasteiger partial charge in [0.1, 0.15) is 44.3 Å². The van der Waals surface area contributed by atoms with Crippen LogP contribution < -0.4 is 11.4 Å². The van der Waals surface area contributed by atoms with Gasteiger partial charge < -0.3 is 34.5 Å². The monoisotopic (exact) mass is 398 g/mol. The molecule has 0 aromatic carbocycles. The minimum atomic E-state index is -1.21. The third-order valence-electron chi connectivity index (χ3n) is 3.76. The van der Waals surface area contributed by atoms with E-state index >= 15 is 0 Å². The Balaban J connectivity index is 2.02. The number of hydrogen-bond donors (Lipinski definition) is 2. The summed E-state index contributed by atoms with van der Waals surface area (Å²) in [5.74, 6) is -0.507. The first-order valence-electron chi connectivity index (χ1n) is 8.39. The maximum Gasteiger partial charge on any atom is 0.351 e. The minimum Gasteiger partial charge on any atom is -0.463 e. The molecule has 0 spiro atoms. The lowest BCUT2D eigenvalue weighted by Gasteiger charge is -2.22. The molecule has 1 saturated heterocycles. The summed E-state index contributed by atoms with van der Waals surface area (Å²) in [5.41, 5.74) is 4.79. The third kappa shape index (κ3) is 5.98. The van der Waals surface area contributed by atoms with Crippen molar-refractivity contribution >= 4 is 11.8 Å². The Bertz CT molecular complexity index is 749. The van der Waals surface area contributed by atoms with E-state index in [-0.39, 0.29) is 39.0 Å². The van der Waals surface area contributed by atoms with E-state index in [1.807, 2.05) is 6.07 Å². The van der Waals surface area contributed by atoms with E-state index in [0.717, 1.165) is 4.57 Å². The van der Waals surface area contributed by atoms with E-state index in [1.54, 1.807) is 0 Å². The highest BCUT2D eigenvalue weighted by atomic mass is 16.7. The maximum absolute atomic E-state index is 12.1. The fourth-order valence-corrected chi connectivity index (χ4v) is 2.48. The topological polar surface area (TPSA) is 168 Å². The van der Waals surface area contributed by atoms with Crippen molar-refractivity contribution in [3.8, 4) is 6.07 Å². The van der Waals surface area contributed by atoms with Crippen LogP contribution in [-0.4, -0.2) is 65.7 Å². The lowest BCUT2D eigenvalue weighted by molar-refractivity contribution is -0.175. The molecule has 1 aromatic heterocycles. The summed E-state index contributed by atoms with van der Waals surface area (Å²) >= 11 is 0. The maximum atomic E-state index is 12.1. The largest absolute Gasteiger partial charge is 0.463 e. The number of aliphatic hydroxyl groups excluding tert-OH is 1. The first-order valence-corrected chi connectivity index (χ1v) is 8.39. The van der Waals surface area contributed by atoms with Crippen LogP contribution in [0.3, 0.4) is 0 Å². The first-order chi connectivity index (χ1) is 13.4. The van der Waals surface area contributed by atoms with Crippen molar-refractivity contribution in [2.24, 2.45) is 0 Å². The summed E-state index contributed by atoms with van der Waals surface area (Å²) in [7, 11) is 0. The number of ether oxygens (including phenoxy) is 5. The second-order valence-corrected chi connectivity index (χ2v) is 5.79. The predicted octanol–water partition coefficient (Wildman–Crippen LogP) is -1.11. The van der Waals surface area contributed by atoms with Gasteiger partial charge in [-0.1, -0.05) is 0 Å². The third-order valence-corrected chi connectivity index (χ3v) is 3.76. The van der Waals surface area contributed by atoms with Gasteiger partial charge in [0.25, 0.3) is 0 Å². The Hall–Kier alpha value is -2.56. The van der Waals surface area contributed by atoms with E-state index in [9.17, 15) is 14.7 Å². The molecule has 0 amide bonds. The van der Waals surface area contributed by atoms with E-state index in [0.29, 0.717) is 0 Å². The molecule has 3 N–H and O–H groups in total. The molecule has 12 heteroatoms. The number of anilines is 1. The number of rotatable bonds is 10. The number of aliphatic hydroxyl groups is 1. The molecule has 1 fully saturated rings. The van der Waals surface area contributed by atoms with Crippen LogP contribution >= 0.6 is 0 Å². The Morgan fingerprint density at radius 1 is 1.46 bits per heavy atom. The molecular formula is C16H22N4O8. The molecule has 1 aromatic rings. The number of nitrogens with two attached hydrogens (primary N) is 1. The Labute approximate surface area is 160 Å². The smallest absolute Gasteiger partial charge is 0.351 e. The summed E-state index contributed by atoms with van der Waals surface area (Å²) in [6.07, 6.45) is -2.60. The Morgan fingerprint density at radius 2 is 2.25 bits per heavy atom. The molecule has 0 unspecified atom stereocenters. The summed E-state index contributed by atoms with van der Waals surface area (Å²) < 4.78 is 27.3. The normalized spacial score (nSPS) is 24.0. The van der Waals surface area contributed by atoms with E-state index in [2.05, 4.69) is 4.98 Å². The van der Waals surface area contributed by atoms with Crippen LogP contribution in [0.2, 0.25) is 0 Å². The molecule has 0 radical (unpaired) electrons. The summed E-state index contributed by atoms with van der Waals surface area (Å²) in [4.78, 5) is 26.8. The van der Waals surface area contributed by atoms with Crippen molar-refractivity contribution < 1.29 is 33.6 Å². The molecule has 0 saturated carbocycles. The number of aromatic nitrogens is 2. The lowest BCUT2D eigenvalue weighted by atomic mass is 10.1. The molecule has 28 heavy (non-hydrogen) atoms. The van der Waals surface area contributed by atoms with Crippen molar-refractivity contribution in [2.75, 3.05) is 32.5 Å². The van der Waals surface area contributed by atoms with Gasteiger partial charge in [0.05, 0.1) is 19.1 Å². The minimum absolute atomic E-state index is 0.0339. The molecule has 4 atom stereocenters. The highest BCUT2D eigenvalue weighted by Crippen LogP contribution is 2.31. The molecule has 0 aliphatic carbocycles. The van der Waals surface area contributed by atoms with Crippen molar-refractivity contribution in [3.63, 3.8) is 0 Å². The van der Waals surface area contributed by atoms with Gasteiger partial charge in [-0.2, -0.15) is 10.2 Å². The van der Waals surface area contributed by atoms with Crippen molar-refractivity contribution in [2.45, 2.75) is 37.9 Å². The van der Waals surface area contributed by atoms with Crippen LogP contribution in [0.25, 0.3) is 0 Å². The second-order valence-electron chi connectivity index (χ2n) is 5.79. The number of nitrogens with zero attached hydrogens (tertiary/aromatic N) is 3. The highest BCUT2D eigenvalue weighted by Gasteiger charge is 2.46. The van der Waals surface area contributed by atoms with Gasteiger partial charge in [0, 0.05) is 13.1 Å². The predicted molar refractivity (Wildman–Crippen MR) is 91.3 cm³/mol. The average molecular weight is 398 g/mol. The molecule has 12 nitrogen and oxygen atoms in total. The average Bonchev–Trinajstić information content (AvgIpc) is 2.95. The van der Waals surface area contributed by atoms with Crippen molar-refractivity contribution in [3.05, 3.63) is 22.7 Å². The van der Waals surface area contributed by atoms with Crippen LogP contribution in [0.1, 0.15) is 19.6 Å². The molecule has 1 aliphatic rings. The standard InChI is InChI=1S/C16H22N4O8/c1-10(21)26-7-11-13(22)14(27-9-25-8-24-6-2-4-17)15(28-11)20-5-3-12(18)19-16(20)23/h3,5,11,13-15,22H,2,6-9H2,1H3,(H2,18,19,23)/t11-,13-,14-,15-/m1/s1. The van der Waals surface area contributed by atoms with Crippen LogP contribution in [0.4, 0.5) is 5.82 Å². The summed E-state index contributed by atoms with van der Waals surface area (Å²) in [6.45, 7) is 0.830. The zero-order valence-corrected chi connectivity index (χ0v) is 15.2. The molecule has 0 bridgehead atoms. The van der Waals surface area contributed by atoms with Gasteiger partial charge >= 0.3 is 11.7 Å². The molecule has 1 aliphatic heterocycles. The van der Waals surface area contributed by atoms with Crippen LogP contribution in [0, 0.1) is 11.3 Å². The van der Waals surface area contributed by atoms with Crippen molar-refractivity contribution in [1.82, 2.24) is 9.55 Å². The Kier molecular flexibility index (Phi) is 8.30. The van der Waals surface area contributed by atoms with Gasteiger partial charge in [-0.05, 0) is 6.07 Å². The first kappa shape index (κ1) is 21.7. The SMILES string of the molecule is CC(=O)OC[C@H]1O[C@@H](n2ccc(N)nc2=O)[C@H](OCOCOCCC#N)[C@@H]1O. The number of nitrogen functional groups attached to an aromatic ring is 1. The summed E-state index contributed by atoms with van der Waals surface area (Å²) in [6, 6.07) is 3.32. The zero-order chi connectivity index (χ0) is 20.5. The van der Waals surface area contributed by atoms with Gasteiger partial charge in [-0.15, -0.1) is 0 Å². The zero-order valence-electron chi connectivity index (χ0n) is 15.2. The fourth-order valence-electron chi connectivity index (χ4n) is 2.48. The van der Waals surface area contributed by atoms with E-state index in [4.69, 9.17) is 34.7 Å². The van der Waals surface area contributed by atoms with Gasteiger partial charge in [-0.3, -0.25) is 9.36 Å². The van der Waals surface area contributed by atoms with E-state index < -0.39 is 36.2 Å². The number of carbonyl (C=O) groups is 1. The summed E-state index contributed by atoms with van der Waals surface area (Å²) in [5, 5.41) is 18.9. The van der Waals surface area contributed by atoms with E-state index in [1.165, 1.54) is 19.2 Å². The van der Waals surface area contributed by atoms with Crippen LogP contribution in [0.15, 0.2) is 17.1 Å². The fraction of sp³-hybridized carbons (Fsp3) is 0.625. The number of carbonyl (C=O) groups excluding carboxylic acids is 1. The Morgan fingerprint density at radius 3 is 2.93 bits per heavy atom. The molecule has 2 rings (SSSR count). The quantitative estimate of drug-likeness (QED) is 0.278. The number of hydrogen-bond acceptors (Lipinski definition) is 11. The van der Waals surface area contributed by atoms with Crippen LogP contribution in [0.5, 0.6) is 0 Å². The highest BCUT2D eigenvalue weighted by molar-refractivity contribution is 5.65.